The summed E-state index contributed by atoms with van der Waals surface area (Å²) >= 11 is 0. The van der Waals surface area contributed by atoms with Gasteiger partial charge in [-0.15, -0.1) is 0 Å². The second-order valence-corrected chi connectivity index (χ2v) is 4.03. The van der Waals surface area contributed by atoms with Crippen LogP contribution in [0.2, 0.25) is 0 Å². The Morgan fingerprint density at radius 1 is 1.31 bits per heavy atom. The Kier molecular flexibility index (Phi) is 2.00. The number of hydrogen-bond acceptors (Lipinski definition) is 4. The lowest BCUT2D eigenvalue weighted by Crippen LogP contribution is -2.28. The summed E-state index contributed by atoms with van der Waals surface area (Å²) in [5.74, 6) is 1.45. The van der Waals surface area contributed by atoms with E-state index in [0.29, 0.717) is 12.2 Å². The Hall–Kier alpha value is -1.75. The first kappa shape index (κ1) is 9.47. The van der Waals surface area contributed by atoms with Crippen LogP contribution in [0.25, 0.3) is 0 Å². The molecule has 2 unspecified atom stereocenters. The third-order valence-electron chi connectivity index (χ3n) is 2.92. The van der Waals surface area contributed by atoms with Gasteiger partial charge in [0.1, 0.15) is 0 Å². The first-order valence-corrected chi connectivity index (χ1v) is 5.18. The summed E-state index contributed by atoms with van der Waals surface area (Å²) in [6.45, 7) is 0.252. The molecule has 2 atom stereocenters. The number of carbonyl (C=O) groups is 1. The standard InChI is InChI=1S/C11H12N2O3/c12-7-4-10(14)13-11(7)6-1-2-8-9(3-6)16-5-15-8/h1-3,7,11H,4-5,12H2,(H,13,14). The lowest BCUT2D eigenvalue weighted by molar-refractivity contribution is -0.119. The van der Waals surface area contributed by atoms with Crippen LogP contribution in [0, 0.1) is 0 Å². The predicted molar refractivity (Wildman–Crippen MR) is 56.0 cm³/mol. The molecule has 2 heterocycles. The number of nitrogens with two attached hydrogens (primary N) is 1. The molecule has 0 radical (unpaired) electrons. The molecule has 2 aliphatic heterocycles. The molecule has 0 aliphatic carbocycles. The van der Waals surface area contributed by atoms with Crippen molar-refractivity contribution in [3.05, 3.63) is 23.8 Å². The Morgan fingerprint density at radius 3 is 2.88 bits per heavy atom. The maximum Gasteiger partial charge on any atom is 0.231 e. The second kappa shape index (κ2) is 3.38. The highest BCUT2D eigenvalue weighted by Gasteiger charge is 2.31. The van der Waals surface area contributed by atoms with E-state index < -0.39 is 0 Å². The van der Waals surface area contributed by atoms with E-state index in [2.05, 4.69) is 5.32 Å². The molecule has 0 saturated carbocycles. The summed E-state index contributed by atoms with van der Waals surface area (Å²) in [6.07, 6.45) is 0.374. The molecule has 5 nitrogen and oxygen atoms in total. The van der Waals surface area contributed by atoms with Gasteiger partial charge in [0.15, 0.2) is 11.5 Å². The first-order valence-electron chi connectivity index (χ1n) is 5.18. The van der Waals surface area contributed by atoms with Gasteiger partial charge in [0, 0.05) is 12.5 Å². The van der Waals surface area contributed by atoms with E-state index in [1.165, 1.54) is 0 Å². The summed E-state index contributed by atoms with van der Waals surface area (Å²) in [6, 6.07) is 5.33. The molecular weight excluding hydrogens is 208 g/mol. The first-order chi connectivity index (χ1) is 7.74. The molecule has 1 aromatic carbocycles. The molecule has 16 heavy (non-hydrogen) atoms. The van der Waals surface area contributed by atoms with Crippen LogP contribution in [0.1, 0.15) is 18.0 Å². The van der Waals surface area contributed by atoms with Crippen LogP contribution < -0.4 is 20.5 Å². The van der Waals surface area contributed by atoms with Crippen molar-refractivity contribution in [1.29, 1.82) is 0 Å². The van der Waals surface area contributed by atoms with E-state index in [1.54, 1.807) is 0 Å². The van der Waals surface area contributed by atoms with Crippen LogP contribution >= 0.6 is 0 Å². The number of hydrogen-bond donors (Lipinski definition) is 2. The number of ether oxygens (including phenoxy) is 2. The molecule has 0 bridgehead atoms. The maximum atomic E-state index is 11.2. The van der Waals surface area contributed by atoms with Gasteiger partial charge in [-0.25, -0.2) is 0 Å². The molecule has 1 saturated heterocycles. The molecule has 5 heteroatoms. The van der Waals surface area contributed by atoms with E-state index in [0.717, 1.165) is 11.3 Å². The highest BCUT2D eigenvalue weighted by molar-refractivity contribution is 5.80. The second-order valence-electron chi connectivity index (χ2n) is 4.03. The molecule has 1 aromatic rings. The summed E-state index contributed by atoms with van der Waals surface area (Å²) in [4.78, 5) is 11.2. The number of fused-ring (bicyclic) bond motifs is 1. The van der Waals surface area contributed by atoms with Crippen molar-refractivity contribution in [2.75, 3.05) is 6.79 Å². The van der Waals surface area contributed by atoms with Gasteiger partial charge in [0.05, 0.1) is 6.04 Å². The number of benzene rings is 1. The molecule has 1 amide bonds. The van der Waals surface area contributed by atoms with Crippen LogP contribution in [0.5, 0.6) is 11.5 Å². The topological polar surface area (TPSA) is 73.6 Å². The van der Waals surface area contributed by atoms with E-state index in [1.807, 2.05) is 18.2 Å². The average Bonchev–Trinajstić information content (AvgIpc) is 2.83. The van der Waals surface area contributed by atoms with Gasteiger partial charge < -0.3 is 20.5 Å². The highest BCUT2D eigenvalue weighted by atomic mass is 16.7. The van der Waals surface area contributed by atoms with Crippen molar-refractivity contribution in [2.24, 2.45) is 5.73 Å². The minimum absolute atomic E-state index is 0.00448. The average molecular weight is 220 g/mol. The molecule has 3 rings (SSSR count). The normalized spacial score (nSPS) is 26.9. The molecule has 0 aromatic heterocycles. The predicted octanol–water partition coefficient (Wildman–Crippen LogP) is 0.304. The number of carbonyl (C=O) groups excluding carboxylic acids is 1. The largest absolute Gasteiger partial charge is 0.454 e. The van der Waals surface area contributed by atoms with Crippen molar-refractivity contribution in [1.82, 2.24) is 5.32 Å². The Bertz CT molecular complexity index is 447. The molecular formula is C11H12N2O3. The summed E-state index contributed by atoms with van der Waals surface area (Å²) in [5.41, 5.74) is 6.85. The zero-order valence-electron chi connectivity index (χ0n) is 8.60. The Balaban J connectivity index is 1.92. The number of rotatable bonds is 1. The van der Waals surface area contributed by atoms with E-state index >= 15 is 0 Å². The zero-order valence-corrected chi connectivity index (χ0v) is 8.60. The van der Waals surface area contributed by atoms with Gasteiger partial charge in [-0.3, -0.25) is 4.79 Å². The van der Waals surface area contributed by atoms with Gasteiger partial charge in [0.25, 0.3) is 0 Å². The van der Waals surface area contributed by atoms with Crippen LogP contribution in [0.4, 0.5) is 0 Å². The van der Waals surface area contributed by atoms with Crippen molar-refractivity contribution < 1.29 is 14.3 Å². The van der Waals surface area contributed by atoms with Gasteiger partial charge in [-0.05, 0) is 17.7 Å². The molecule has 84 valence electrons. The molecule has 0 spiro atoms. The SMILES string of the molecule is NC1CC(=O)NC1c1ccc2c(c1)OCO2. The summed E-state index contributed by atoms with van der Waals surface area (Å²) in [5, 5.41) is 2.85. The lowest BCUT2D eigenvalue weighted by atomic mass is 10.0. The molecule has 1 fully saturated rings. The third-order valence-corrected chi connectivity index (χ3v) is 2.92. The smallest absolute Gasteiger partial charge is 0.231 e. The van der Waals surface area contributed by atoms with E-state index in [4.69, 9.17) is 15.2 Å². The van der Waals surface area contributed by atoms with Crippen molar-refractivity contribution in [3.63, 3.8) is 0 Å². The Labute approximate surface area is 92.5 Å². The van der Waals surface area contributed by atoms with Crippen LogP contribution in [0.3, 0.4) is 0 Å². The van der Waals surface area contributed by atoms with E-state index in [9.17, 15) is 4.79 Å². The minimum atomic E-state index is -0.173. The molecule has 2 aliphatic rings. The van der Waals surface area contributed by atoms with E-state index in [-0.39, 0.29) is 24.8 Å². The summed E-state index contributed by atoms with van der Waals surface area (Å²) < 4.78 is 10.5. The van der Waals surface area contributed by atoms with Crippen LogP contribution in [-0.4, -0.2) is 18.7 Å². The fourth-order valence-electron chi connectivity index (χ4n) is 2.11. The lowest BCUT2D eigenvalue weighted by Gasteiger charge is -2.15. The quantitative estimate of drug-likeness (QED) is 0.714. The number of nitrogens with one attached hydrogen (secondary N) is 1. The third kappa shape index (κ3) is 1.40. The van der Waals surface area contributed by atoms with Gasteiger partial charge in [-0.2, -0.15) is 0 Å². The van der Waals surface area contributed by atoms with Crippen LogP contribution in [0.15, 0.2) is 18.2 Å². The fraction of sp³-hybridized carbons (Fsp3) is 0.364. The highest BCUT2D eigenvalue weighted by Crippen LogP contribution is 2.35. The molecule has 3 N–H and O–H groups in total. The van der Waals surface area contributed by atoms with Gasteiger partial charge in [-0.1, -0.05) is 6.07 Å². The minimum Gasteiger partial charge on any atom is -0.454 e. The van der Waals surface area contributed by atoms with Crippen molar-refractivity contribution in [3.8, 4) is 11.5 Å². The van der Waals surface area contributed by atoms with Crippen molar-refractivity contribution >= 4 is 5.91 Å². The van der Waals surface area contributed by atoms with Crippen LogP contribution in [-0.2, 0) is 4.79 Å². The maximum absolute atomic E-state index is 11.2. The Morgan fingerprint density at radius 2 is 2.12 bits per heavy atom. The van der Waals surface area contributed by atoms with Gasteiger partial charge >= 0.3 is 0 Å². The monoisotopic (exact) mass is 220 g/mol. The summed E-state index contributed by atoms with van der Waals surface area (Å²) in [7, 11) is 0. The van der Waals surface area contributed by atoms with Gasteiger partial charge in [0.2, 0.25) is 12.7 Å². The van der Waals surface area contributed by atoms with Crippen molar-refractivity contribution in [2.45, 2.75) is 18.5 Å². The zero-order chi connectivity index (χ0) is 11.1. The number of amides is 1. The fourth-order valence-corrected chi connectivity index (χ4v) is 2.11.